The molecular weight excluding hydrogens is 288 g/mol. The van der Waals surface area contributed by atoms with Crippen LogP contribution in [0.15, 0.2) is 22.7 Å². The van der Waals surface area contributed by atoms with E-state index in [0.717, 1.165) is 16.6 Å². The lowest BCUT2D eigenvalue weighted by atomic mass is 9.96. The molecule has 1 aromatic carbocycles. The lowest BCUT2D eigenvalue weighted by Crippen LogP contribution is -2.27. The molecule has 0 atom stereocenters. The van der Waals surface area contributed by atoms with E-state index in [1.807, 2.05) is 32.0 Å². The van der Waals surface area contributed by atoms with E-state index in [0.29, 0.717) is 11.6 Å². The van der Waals surface area contributed by atoms with Crippen molar-refractivity contribution in [2.45, 2.75) is 20.4 Å². The van der Waals surface area contributed by atoms with E-state index in [-0.39, 0.29) is 5.41 Å². The summed E-state index contributed by atoms with van der Waals surface area (Å²) in [6.07, 6.45) is 0. The monoisotopic (exact) mass is 300 g/mol. The first kappa shape index (κ1) is 13.5. The topological polar surface area (TPSA) is 35.8 Å². The molecule has 0 aliphatic carbocycles. The van der Waals surface area contributed by atoms with Crippen LogP contribution < -0.4 is 5.32 Å². The molecule has 0 spiro atoms. The highest BCUT2D eigenvalue weighted by atomic mass is 79.9. The molecule has 0 bridgehead atoms. The molecule has 0 heterocycles. The second-order valence-electron chi connectivity index (χ2n) is 4.35. The van der Waals surface area contributed by atoms with Crippen molar-refractivity contribution in [2.75, 3.05) is 6.54 Å². The fraction of sp³-hybridized carbons (Fsp3) is 0.417. The first-order valence-electron chi connectivity index (χ1n) is 5.00. The number of benzene rings is 1. The summed E-state index contributed by atoms with van der Waals surface area (Å²) in [5.74, 6) is 0. The van der Waals surface area contributed by atoms with E-state index >= 15 is 0 Å². The van der Waals surface area contributed by atoms with E-state index < -0.39 is 0 Å². The van der Waals surface area contributed by atoms with Gasteiger partial charge in [0.2, 0.25) is 0 Å². The quantitative estimate of drug-likeness (QED) is 0.919. The second kappa shape index (κ2) is 5.67. The van der Waals surface area contributed by atoms with Gasteiger partial charge in [0.25, 0.3) is 0 Å². The maximum absolute atomic E-state index is 8.85. The number of nitriles is 1. The third-order valence-corrected chi connectivity index (χ3v) is 3.42. The molecule has 0 aromatic heterocycles. The zero-order chi connectivity index (χ0) is 12.2. The lowest BCUT2D eigenvalue weighted by Gasteiger charge is -2.15. The van der Waals surface area contributed by atoms with Crippen LogP contribution >= 0.6 is 27.5 Å². The van der Waals surface area contributed by atoms with Crippen LogP contribution in [0.1, 0.15) is 19.4 Å². The number of nitrogens with one attached hydrogen (secondary N) is 1. The van der Waals surface area contributed by atoms with Gasteiger partial charge in [0.05, 0.1) is 16.5 Å². The van der Waals surface area contributed by atoms with Gasteiger partial charge in [-0.25, -0.2) is 0 Å². The number of hydrogen-bond acceptors (Lipinski definition) is 2. The predicted octanol–water partition coefficient (Wildman–Crippen LogP) is 3.74. The standard InChI is InChI=1S/C12H14BrClN2/c1-12(2,7-15)8-16-6-9-3-4-10(13)11(14)5-9/h3-5,16H,6,8H2,1-2H3. The van der Waals surface area contributed by atoms with Crippen molar-refractivity contribution >= 4 is 27.5 Å². The van der Waals surface area contributed by atoms with Crippen molar-refractivity contribution in [1.29, 1.82) is 5.26 Å². The summed E-state index contributed by atoms with van der Waals surface area (Å²) < 4.78 is 0.898. The lowest BCUT2D eigenvalue weighted by molar-refractivity contribution is 0.445. The Morgan fingerprint density at radius 2 is 2.19 bits per heavy atom. The first-order chi connectivity index (χ1) is 7.44. The van der Waals surface area contributed by atoms with Crippen molar-refractivity contribution in [1.82, 2.24) is 5.32 Å². The Morgan fingerprint density at radius 3 is 2.75 bits per heavy atom. The minimum atomic E-state index is -0.334. The van der Waals surface area contributed by atoms with Crippen LogP contribution in [0.2, 0.25) is 5.02 Å². The maximum Gasteiger partial charge on any atom is 0.0697 e. The van der Waals surface area contributed by atoms with Crippen molar-refractivity contribution in [3.63, 3.8) is 0 Å². The van der Waals surface area contributed by atoms with Crippen LogP contribution in [0, 0.1) is 16.7 Å². The van der Waals surface area contributed by atoms with Gasteiger partial charge in [0.15, 0.2) is 0 Å². The summed E-state index contributed by atoms with van der Waals surface area (Å²) in [6, 6.07) is 8.09. The molecule has 86 valence electrons. The Balaban J connectivity index is 2.50. The van der Waals surface area contributed by atoms with Crippen molar-refractivity contribution in [3.8, 4) is 6.07 Å². The maximum atomic E-state index is 8.85. The summed E-state index contributed by atoms with van der Waals surface area (Å²) in [6.45, 7) is 5.21. The van der Waals surface area contributed by atoms with Crippen molar-refractivity contribution in [2.24, 2.45) is 5.41 Å². The molecule has 1 aromatic rings. The molecule has 4 heteroatoms. The fourth-order valence-electron chi connectivity index (χ4n) is 1.21. The third kappa shape index (κ3) is 4.13. The minimum Gasteiger partial charge on any atom is -0.311 e. The summed E-state index contributed by atoms with van der Waals surface area (Å²) >= 11 is 9.33. The highest BCUT2D eigenvalue weighted by molar-refractivity contribution is 9.10. The highest BCUT2D eigenvalue weighted by Crippen LogP contribution is 2.23. The van der Waals surface area contributed by atoms with E-state index in [2.05, 4.69) is 27.3 Å². The van der Waals surface area contributed by atoms with Gasteiger partial charge in [-0.15, -0.1) is 0 Å². The van der Waals surface area contributed by atoms with Crippen molar-refractivity contribution < 1.29 is 0 Å². The summed E-state index contributed by atoms with van der Waals surface area (Å²) in [5.41, 5.74) is 0.779. The van der Waals surface area contributed by atoms with E-state index in [1.165, 1.54) is 0 Å². The average Bonchev–Trinajstić information content (AvgIpc) is 2.23. The number of hydrogen-bond donors (Lipinski definition) is 1. The molecule has 0 aliphatic heterocycles. The Bertz CT molecular complexity index is 410. The predicted molar refractivity (Wildman–Crippen MR) is 70.3 cm³/mol. The molecule has 0 saturated heterocycles. The minimum absolute atomic E-state index is 0.334. The molecule has 0 unspecified atom stereocenters. The molecular formula is C12H14BrClN2. The Hall–Kier alpha value is -0.560. The molecule has 0 saturated carbocycles. The molecule has 2 nitrogen and oxygen atoms in total. The van der Waals surface area contributed by atoms with Crippen LogP contribution in [-0.2, 0) is 6.54 Å². The van der Waals surface area contributed by atoms with Crippen LogP contribution in [0.5, 0.6) is 0 Å². The van der Waals surface area contributed by atoms with Crippen LogP contribution in [0.25, 0.3) is 0 Å². The average molecular weight is 302 g/mol. The fourth-order valence-corrected chi connectivity index (χ4v) is 1.66. The van der Waals surface area contributed by atoms with Crippen LogP contribution in [0.3, 0.4) is 0 Å². The molecule has 0 aliphatic rings. The van der Waals surface area contributed by atoms with Gasteiger partial charge >= 0.3 is 0 Å². The van der Waals surface area contributed by atoms with E-state index in [1.54, 1.807) is 0 Å². The number of halogens is 2. The smallest absolute Gasteiger partial charge is 0.0697 e. The van der Waals surface area contributed by atoms with Gasteiger partial charge in [-0.1, -0.05) is 17.7 Å². The van der Waals surface area contributed by atoms with Crippen LogP contribution in [-0.4, -0.2) is 6.54 Å². The molecule has 0 fully saturated rings. The Morgan fingerprint density at radius 1 is 1.50 bits per heavy atom. The first-order valence-corrected chi connectivity index (χ1v) is 6.17. The summed E-state index contributed by atoms with van der Waals surface area (Å²) in [4.78, 5) is 0. The van der Waals surface area contributed by atoms with Gasteiger partial charge < -0.3 is 5.32 Å². The number of nitrogens with zero attached hydrogens (tertiary/aromatic N) is 1. The molecule has 16 heavy (non-hydrogen) atoms. The number of rotatable bonds is 4. The summed E-state index contributed by atoms with van der Waals surface area (Å²) in [7, 11) is 0. The molecule has 0 amide bonds. The molecule has 1 rings (SSSR count). The van der Waals surface area contributed by atoms with E-state index in [9.17, 15) is 0 Å². The zero-order valence-corrected chi connectivity index (χ0v) is 11.7. The second-order valence-corrected chi connectivity index (χ2v) is 5.61. The highest BCUT2D eigenvalue weighted by Gasteiger charge is 2.15. The third-order valence-electron chi connectivity index (χ3n) is 2.18. The van der Waals surface area contributed by atoms with E-state index in [4.69, 9.17) is 16.9 Å². The molecule has 0 radical (unpaired) electrons. The Labute approximate surface area is 110 Å². The van der Waals surface area contributed by atoms with Gasteiger partial charge in [0.1, 0.15) is 0 Å². The molecule has 1 N–H and O–H groups in total. The largest absolute Gasteiger partial charge is 0.311 e. The van der Waals surface area contributed by atoms with Gasteiger partial charge in [-0.2, -0.15) is 5.26 Å². The summed E-state index contributed by atoms with van der Waals surface area (Å²) in [5, 5.41) is 12.8. The SMILES string of the molecule is CC(C)(C#N)CNCc1ccc(Br)c(Cl)c1. The normalized spacial score (nSPS) is 11.2. The van der Waals surface area contributed by atoms with Crippen molar-refractivity contribution in [3.05, 3.63) is 33.3 Å². The Kier molecular flexibility index (Phi) is 4.79. The van der Waals surface area contributed by atoms with Gasteiger partial charge in [-0.05, 0) is 47.5 Å². The van der Waals surface area contributed by atoms with Gasteiger partial charge in [-0.3, -0.25) is 0 Å². The van der Waals surface area contributed by atoms with Crippen LogP contribution in [0.4, 0.5) is 0 Å². The van der Waals surface area contributed by atoms with Gasteiger partial charge in [0, 0.05) is 17.6 Å². The zero-order valence-electron chi connectivity index (χ0n) is 9.35.